The lowest BCUT2D eigenvalue weighted by Gasteiger charge is -2.46. The van der Waals surface area contributed by atoms with E-state index in [1.54, 1.807) is 20.8 Å². The summed E-state index contributed by atoms with van der Waals surface area (Å²) in [5.41, 5.74) is -0.706. The lowest BCUT2D eigenvalue weighted by Crippen LogP contribution is -2.65. The number of amides is 2. The van der Waals surface area contributed by atoms with Crippen LogP contribution in [0.2, 0.25) is 0 Å². The molecule has 0 aromatic rings. The first kappa shape index (κ1) is 18.5. The third-order valence-corrected chi connectivity index (χ3v) is 3.08. The van der Waals surface area contributed by atoms with E-state index >= 15 is 0 Å². The van der Waals surface area contributed by atoms with E-state index in [2.05, 4.69) is 10.1 Å². The summed E-state index contributed by atoms with van der Waals surface area (Å²) in [6.45, 7) is 7.76. The number of hydrogen-bond acceptors (Lipinski definition) is 4. The minimum absolute atomic E-state index is 0.167. The van der Waals surface area contributed by atoms with Crippen molar-refractivity contribution in [2.75, 3.05) is 6.54 Å². The van der Waals surface area contributed by atoms with Gasteiger partial charge in [-0.2, -0.15) is 0 Å². The molecule has 3 atom stereocenters. The first-order valence-electron chi connectivity index (χ1n) is 6.84. The first-order chi connectivity index (χ1) is 9.80. The van der Waals surface area contributed by atoms with E-state index < -0.39 is 42.2 Å². The van der Waals surface area contributed by atoms with Gasteiger partial charge in [-0.25, -0.2) is 4.79 Å². The Morgan fingerprint density at radius 3 is 2.23 bits per heavy atom. The molecule has 0 radical (unpaired) electrons. The van der Waals surface area contributed by atoms with Gasteiger partial charge >= 0.3 is 12.5 Å². The summed E-state index contributed by atoms with van der Waals surface area (Å²) >= 11 is 0. The van der Waals surface area contributed by atoms with E-state index in [9.17, 15) is 22.8 Å². The summed E-state index contributed by atoms with van der Waals surface area (Å²) in [5, 5.41) is 2.35. The first-order valence-corrected chi connectivity index (χ1v) is 6.84. The van der Waals surface area contributed by atoms with Crippen molar-refractivity contribution in [2.24, 2.45) is 0 Å². The number of halogens is 3. The van der Waals surface area contributed by atoms with Crippen molar-refractivity contribution in [2.45, 2.75) is 64.8 Å². The Labute approximate surface area is 126 Å². The van der Waals surface area contributed by atoms with Gasteiger partial charge in [0.2, 0.25) is 5.91 Å². The van der Waals surface area contributed by atoms with Crippen LogP contribution in [0.3, 0.4) is 0 Å². The molecule has 1 heterocycles. The second kappa shape index (κ2) is 6.31. The molecule has 1 aliphatic rings. The number of nitrogens with zero attached hydrogens (tertiary/aromatic N) is 1. The standard InChI is InChI=1S/C13H21F3N2O4/c1-7(17-11(20)22-12(3,4)5)10(19)18-6-9(8(18)2)21-13(14,15)16/h7-9H,6H2,1-5H3,(H,17,20)/t7-,8+,9+/m1/s1. The second-order valence-corrected chi connectivity index (χ2v) is 6.20. The molecule has 0 spiro atoms. The van der Waals surface area contributed by atoms with Crippen LogP contribution >= 0.6 is 0 Å². The van der Waals surface area contributed by atoms with E-state index in [1.807, 2.05) is 0 Å². The molecule has 0 aliphatic carbocycles. The topological polar surface area (TPSA) is 67.9 Å². The fourth-order valence-corrected chi connectivity index (χ4v) is 1.97. The van der Waals surface area contributed by atoms with Crippen molar-refractivity contribution in [3.63, 3.8) is 0 Å². The quantitative estimate of drug-likeness (QED) is 0.862. The van der Waals surface area contributed by atoms with Crippen molar-refractivity contribution in [3.8, 4) is 0 Å². The van der Waals surface area contributed by atoms with Crippen LogP contribution in [0.4, 0.5) is 18.0 Å². The zero-order valence-corrected chi connectivity index (χ0v) is 13.2. The molecule has 0 saturated carbocycles. The molecule has 0 aromatic heterocycles. The SMILES string of the molecule is C[C@@H](NC(=O)OC(C)(C)C)C(=O)N1C[C@H](OC(F)(F)F)[C@@H]1C. The van der Waals surface area contributed by atoms with Gasteiger partial charge in [-0.3, -0.25) is 9.53 Å². The maximum absolute atomic E-state index is 12.1. The summed E-state index contributed by atoms with van der Waals surface area (Å²) in [6, 6.07) is -1.61. The molecular formula is C13H21F3N2O4. The van der Waals surface area contributed by atoms with Crippen LogP contribution in [0, 0.1) is 0 Å². The highest BCUT2D eigenvalue weighted by molar-refractivity contribution is 5.86. The summed E-state index contributed by atoms with van der Waals surface area (Å²) in [4.78, 5) is 24.8. The summed E-state index contributed by atoms with van der Waals surface area (Å²) in [6.07, 6.45) is -6.57. The predicted octanol–water partition coefficient (Wildman–Crippen LogP) is 2.04. The van der Waals surface area contributed by atoms with Crippen molar-refractivity contribution in [1.82, 2.24) is 10.2 Å². The number of carbonyl (C=O) groups is 2. The molecule has 22 heavy (non-hydrogen) atoms. The normalized spacial score (nSPS) is 23.5. The summed E-state index contributed by atoms with van der Waals surface area (Å²) in [5.74, 6) is -0.486. The van der Waals surface area contributed by atoms with Crippen LogP contribution in [0.25, 0.3) is 0 Å². The van der Waals surface area contributed by atoms with Crippen LogP contribution in [0.5, 0.6) is 0 Å². The van der Waals surface area contributed by atoms with E-state index in [0.29, 0.717) is 0 Å². The van der Waals surface area contributed by atoms with Crippen LogP contribution in [0.15, 0.2) is 0 Å². The van der Waals surface area contributed by atoms with E-state index in [-0.39, 0.29) is 6.54 Å². The van der Waals surface area contributed by atoms with Crippen molar-refractivity contribution < 1.29 is 32.2 Å². The molecule has 9 heteroatoms. The Bertz CT molecular complexity index is 434. The Morgan fingerprint density at radius 1 is 1.27 bits per heavy atom. The molecule has 6 nitrogen and oxygen atoms in total. The zero-order valence-electron chi connectivity index (χ0n) is 13.2. The van der Waals surface area contributed by atoms with Gasteiger partial charge in [0.05, 0.1) is 6.04 Å². The number of likely N-dealkylation sites (tertiary alicyclic amines) is 1. The maximum Gasteiger partial charge on any atom is 0.522 e. The highest BCUT2D eigenvalue weighted by Gasteiger charge is 2.46. The molecule has 2 amide bonds. The van der Waals surface area contributed by atoms with Gasteiger partial charge in [0.15, 0.2) is 0 Å². The van der Waals surface area contributed by atoms with E-state index in [1.165, 1.54) is 18.7 Å². The lowest BCUT2D eigenvalue weighted by molar-refractivity contribution is -0.359. The maximum atomic E-state index is 12.1. The van der Waals surface area contributed by atoms with Crippen LogP contribution < -0.4 is 5.32 Å². The van der Waals surface area contributed by atoms with Gasteiger partial charge in [-0.15, -0.1) is 13.2 Å². The van der Waals surface area contributed by atoms with Crippen LogP contribution in [0.1, 0.15) is 34.6 Å². The Hall–Kier alpha value is -1.51. The number of nitrogens with one attached hydrogen (secondary N) is 1. The second-order valence-electron chi connectivity index (χ2n) is 6.20. The molecule has 1 fully saturated rings. The molecule has 1 saturated heterocycles. The largest absolute Gasteiger partial charge is 0.522 e. The van der Waals surface area contributed by atoms with Gasteiger partial charge in [0, 0.05) is 6.54 Å². The number of rotatable bonds is 3. The number of carbonyl (C=O) groups excluding carboxylic acids is 2. The number of hydrogen-bond donors (Lipinski definition) is 1. The van der Waals surface area contributed by atoms with Crippen LogP contribution in [-0.2, 0) is 14.3 Å². The Morgan fingerprint density at radius 2 is 1.82 bits per heavy atom. The van der Waals surface area contributed by atoms with Gasteiger partial charge in [0.1, 0.15) is 17.7 Å². The highest BCUT2D eigenvalue weighted by atomic mass is 19.4. The number of ether oxygens (including phenoxy) is 2. The fourth-order valence-electron chi connectivity index (χ4n) is 1.97. The average molecular weight is 326 g/mol. The van der Waals surface area contributed by atoms with Crippen molar-refractivity contribution in [1.29, 1.82) is 0 Å². The van der Waals surface area contributed by atoms with Gasteiger partial charge in [-0.1, -0.05) is 0 Å². The molecule has 0 aromatic carbocycles. The van der Waals surface area contributed by atoms with Crippen molar-refractivity contribution in [3.05, 3.63) is 0 Å². The van der Waals surface area contributed by atoms with Gasteiger partial charge < -0.3 is 15.0 Å². The van der Waals surface area contributed by atoms with Crippen molar-refractivity contribution >= 4 is 12.0 Å². The zero-order chi connectivity index (χ0) is 17.3. The smallest absolute Gasteiger partial charge is 0.444 e. The molecular weight excluding hydrogens is 305 g/mol. The molecule has 1 N–H and O–H groups in total. The third-order valence-electron chi connectivity index (χ3n) is 3.08. The fraction of sp³-hybridized carbons (Fsp3) is 0.846. The lowest BCUT2D eigenvalue weighted by atomic mass is 10.00. The number of alkyl halides is 3. The Balaban J connectivity index is 2.47. The summed E-state index contributed by atoms with van der Waals surface area (Å²) in [7, 11) is 0. The molecule has 128 valence electrons. The third kappa shape index (κ3) is 5.36. The molecule has 1 aliphatic heterocycles. The average Bonchev–Trinajstić information content (AvgIpc) is 2.29. The Kier molecular flexibility index (Phi) is 5.32. The van der Waals surface area contributed by atoms with E-state index in [4.69, 9.17) is 4.74 Å². The van der Waals surface area contributed by atoms with Gasteiger partial charge in [-0.05, 0) is 34.6 Å². The van der Waals surface area contributed by atoms with E-state index in [0.717, 1.165) is 0 Å². The summed E-state index contributed by atoms with van der Waals surface area (Å²) < 4.78 is 45.2. The minimum atomic E-state index is -4.73. The highest BCUT2D eigenvalue weighted by Crippen LogP contribution is 2.28. The number of alkyl carbamates (subject to hydrolysis) is 1. The molecule has 0 unspecified atom stereocenters. The minimum Gasteiger partial charge on any atom is -0.444 e. The van der Waals surface area contributed by atoms with Crippen LogP contribution in [-0.4, -0.2) is 53.6 Å². The molecule has 0 bridgehead atoms. The predicted molar refractivity (Wildman–Crippen MR) is 70.9 cm³/mol. The van der Waals surface area contributed by atoms with Gasteiger partial charge in [0.25, 0.3) is 0 Å². The molecule has 1 rings (SSSR count). The monoisotopic (exact) mass is 326 g/mol.